The predicted molar refractivity (Wildman–Crippen MR) is 159 cm³/mol. The van der Waals surface area contributed by atoms with Crippen molar-refractivity contribution >= 4 is 0 Å². The summed E-state index contributed by atoms with van der Waals surface area (Å²) in [6.07, 6.45) is 15.3. The van der Waals surface area contributed by atoms with E-state index < -0.39 is 0 Å². The Morgan fingerprint density at radius 3 is 1.19 bits per heavy atom. The van der Waals surface area contributed by atoms with Gasteiger partial charge in [-0.1, -0.05) is 54.6 Å². The molecule has 0 radical (unpaired) electrons. The summed E-state index contributed by atoms with van der Waals surface area (Å²) in [5.41, 5.74) is 9.59. The van der Waals surface area contributed by atoms with E-state index in [2.05, 4.69) is 47.1 Å². The first-order valence-corrected chi connectivity index (χ1v) is 13.1. The van der Waals surface area contributed by atoms with Crippen molar-refractivity contribution in [2.75, 3.05) is 0 Å². The zero-order valence-electron chi connectivity index (χ0n) is 22.1. The topological polar surface area (TPSA) is 116 Å². The van der Waals surface area contributed by atoms with E-state index in [1.165, 1.54) is 19.0 Å². The maximum atomic E-state index is 5.10. The fraction of sp³-hybridized carbons (Fsp3) is 0. The molecule has 7 aromatic rings. The first-order chi connectivity index (χ1) is 20.8. The summed E-state index contributed by atoms with van der Waals surface area (Å²) in [4.78, 5) is 30.1. The van der Waals surface area contributed by atoms with Gasteiger partial charge in [0.1, 0.15) is 30.4 Å². The SMILES string of the molecule is c1cc(-c2cncnc2)cc(-c2nnc(-c3cccc(-c4cncnc4)c3)c(-c3cccc(-c4cncnc4)c3)n2)c1. The van der Waals surface area contributed by atoms with Crippen molar-refractivity contribution in [3.8, 4) is 67.3 Å². The van der Waals surface area contributed by atoms with Gasteiger partial charge in [-0.05, 0) is 34.9 Å². The molecule has 9 heteroatoms. The monoisotopic (exact) mass is 543 g/mol. The van der Waals surface area contributed by atoms with Crippen LogP contribution in [0.1, 0.15) is 0 Å². The van der Waals surface area contributed by atoms with Crippen LogP contribution in [0.3, 0.4) is 0 Å². The molecule has 4 heterocycles. The van der Waals surface area contributed by atoms with E-state index in [-0.39, 0.29) is 0 Å². The highest BCUT2D eigenvalue weighted by Crippen LogP contribution is 2.34. The van der Waals surface area contributed by atoms with Crippen LogP contribution in [0.15, 0.2) is 129 Å². The van der Waals surface area contributed by atoms with E-state index in [4.69, 9.17) is 10.1 Å². The Labute approximate surface area is 241 Å². The first-order valence-electron chi connectivity index (χ1n) is 13.1. The van der Waals surface area contributed by atoms with Crippen LogP contribution >= 0.6 is 0 Å². The van der Waals surface area contributed by atoms with Crippen LogP contribution in [0.4, 0.5) is 0 Å². The van der Waals surface area contributed by atoms with Gasteiger partial charge < -0.3 is 0 Å². The lowest BCUT2D eigenvalue weighted by atomic mass is 9.98. The Bertz CT molecular complexity index is 1980. The number of rotatable bonds is 6. The molecule has 0 aliphatic rings. The number of benzene rings is 3. The molecule has 0 saturated carbocycles. The van der Waals surface area contributed by atoms with Crippen molar-refractivity contribution < 1.29 is 0 Å². The normalized spacial score (nSPS) is 10.9. The zero-order valence-corrected chi connectivity index (χ0v) is 22.1. The van der Waals surface area contributed by atoms with Gasteiger partial charge in [-0.3, -0.25) is 0 Å². The van der Waals surface area contributed by atoms with Crippen molar-refractivity contribution in [2.24, 2.45) is 0 Å². The maximum absolute atomic E-state index is 5.10. The lowest BCUT2D eigenvalue weighted by Gasteiger charge is -2.12. The molecule has 198 valence electrons. The first kappa shape index (κ1) is 24.9. The second kappa shape index (κ2) is 11.2. The molecule has 0 amide bonds. The van der Waals surface area contributed by atoms with E-state index >= 15 is 0 Å². The molecule has 7 rings (SSSR count). The molecule has 0 bridgehead atoms. The molecule has 0 unspecified atom stereocenters. The van der Waals surface area contributed by atoms with Gasteiger partial charge in [-0.25, -0.2) is 34.9 Å². The van der Waals surface area contributed by atoms with Crippen LogP contribution in [-0.2, 0) is 0 Å². The third kappa shape index (κ3) is 5.09. The highest BCUT2D eigenvalue weighted by molar-refractivity contribution is 5.83. The lowest BCUT2D eigenvalue weighted by Crippen LogP contribution is -2.00. The standard InChI is InChI=1S/C33H21N9/c1-4-22(28-13-34-19-35-14-28)10-25(7-1)31-32(26-8-2-5-23(11-26)29-15-36-20-37-16-29)41-42-33(40-31)27-9-3-6-24(12-27)30-17-38-21-39-18-30/h1-21H. The second-order valence-corrected chi connectivity index (χ2v) is 9.46. The molecule has 4 aromatic heterocycles. The van der Waals surface area contributed by atoms with Crippen LogP contribution in [-0.4, -0.2) is 45.1 Å². The summed E-state index contributed by atoms with van der Waals surface area (Å²) in [7, 11) is 0. The summed E-state index contributed by atoms with van der Waals surface area (Å²) in [5.74, 6) is 0.508. The molecule has 0 saturated heterocycles. The van der Waals surface area contributed by atoms with Crippen LogP contribution in [0.25, 0.3) is 67.3 Å². The number of nitrogens with zero attached hydrogens (tertiary/aromatic N) is 9. The molecule has 0 aliphatic carbocycles. The number of aromatic nitrogens is 9. The molecule has 42 heavy (non-hydrogen) atoms. The van der Waals surface area contributed by atoms with Gasteiger partial charge in [0.2, 0.25) is 0 Å². The van der Waals surface area contributed by atoms with Crippen molar-refractivity contribution in [3.05, 3.63) is 129 Å². The Kier molecular flexibility index (Phi) is 6.63. The number of hydrogen-bond donors (Lipinski definition) is 0. The average molecular weight is 544 g/mol. The average Bonchev–Trinajstić information content (AvgIpc) is 3.09. The van der Waals surface area contributed by atoms with Gasteiger partial charge in [0, 0.05) is 70.6 Å². The smallest absolute Gasteiger partial charge is 0.182 e. The molecule has 0 aliphatic heterocycles. The minimum atomic E-state index is 0.508. The van der Waals surface area contributed by atoms with Crippen LogP contribution in [0.2, 0.25) is 0 Å². The zero-order chi connectivity index (χ0) is 28.1. The van der Waals surface area contributed by atoms with Crippen molar-refractivity contribution in [1.82, 2.24) is 45.1 Å². The molecule has 9 nitrogen and oxygen atoms in total. The number of hydrogen-bond acceptors (Lipinski definition) is 9. The van der Waals surface area contributed by atoms with Gasteiger partial charge in [0.15, 0.2) is 5.82 Å². The van der Waals surface area contributed by atoms with Gasteiger partial charge >= 0.3 is 0 Å². The molecular weight excluding hydrogens is 522 g/mol. The van der Waals surface area contributed by atoms with E-state index in [0.29, 0.717) is 17.2 Å². The van der Waals surface area contributed by atoms with E-state index in [9.17, 15) is 0 Å². The minimum absolute atomic E-state index is 0.508. The summed E-state index contributed by atoms with van der Waals surface area (Å²) in [6, 6.07) is 24.2. The Morgan fingerprint density at radius 2 is 0.714 bits per heavy atom. The van der Waals surface area contributed by atoms with Crippen molar-refractivity contribution in [1.29, 1.82) is 0 Å². The Balaban J connectivity index is 1.38. The molecular formula is C33H21N9. The van der Waals surface area contributed by atoms with Gasteiger partial charge in [0.05, 0.1) is 0 Å². The summed E-state index contributed by atoms with van der Waals surface area (Å²) in [5, 5.41) is 9.34. The predicted octanol–water partition coefficient (Wildman–Crippen LogP) is 6.24. The molecule has 0 spiro atoms. The van der Waals surface area contributed by atoms with Crippen molar-refractivity contribution in [2.45, 2.75) is 0 Å². The second-order valence-electron chi connectivity index (χ2n) is 9.46. The fourth-order valence-electron chi connectivity index (χ4n) is 4.72. The third-order valence-corrected chi connectivity index (χ3v) is 6.76. The van der Waals surface area contributed by atoms with Crippen LogP contribution in [0.5, 0.6) is 0 Å². The summed E-state index contributed by atoms with van der Waals surface area (Å²) in [6.45, 7) is 0. The van der Waals surface area contributed by atoms with Crippen molar-refractivity contribution in [3.63, 3.8) is 0 Å². The van der Waals surface area contributed by atoms with Gasteiger partial charge in [-0.15, -0.1) is 10.2 Å². The molecule has 0 atom stereocenters. The molecule has 3 aromatic carbocycles. The third-order valence-electron chi connectivity index (χ3n) is 6.76. The fourth-order valence-corrected chi connectivity index (χ4v) is 4.72. The van der Waals surface area contributed by atoms with E-state index in [0.717, 1.165) is 50.1 Å². The molecule has 0 fully saturated rings. The van der Waals surface area contributed by atoms with E-state index in [1.807, 2.05) is 60.7 Å². The summed E-state index contributed by atoms with van der Waals surface area (Å²) < 4.78 is 0. The Morgan fingerprint density at radius 1 is 0.333 bits per heavy atom. The highest BCUT2D eigenvalue weighted by atomic mass is 15.2. The van der Waals surface area contributed by atoms with Gasteiger partial charge in [0.25, 0.3) is 0 Å². The molecule has 0 N–H and O–H groups in total. The Hall–Kier alpha value is -6.09. The minimum Gasteiger partial charge on any atom is -0.244 e. The van der Waals surface area contributed by atoms with Crippen LogP contribution < -0.4 is 0 Å². The van der Waals surface area contributed by atoms with Gasteiger partial charge in [-0.2, -0.15) is 0 Å². The lowest BCUT2D eigenvalue weighted by molar-refractivity contribution is 0.991. The quantitative estimate of drug-likeness (QED) is 0.240. The van der Waals surface area contributed by atoms with Crippen LogP contribution in [0, 0.1) is 0 Å². The highest BCUT2D eigenvalue weighted by Gasteiger charge is 2.17. The van der Waals surface area contributed by atoms with E-state index in [1.54, 1.807) is 37.2 Å². The summed E-state index contributed by atoms with van der Waals surface area (Å²) >= 11 is 0. The largest absolute Gasteiger partial charge is 0.244 e. The maximum Gasteiger partial charge on any atom is 0.182 e.